The Morgan fingerprint density at radius 2 is 1.14 bits per heavy atom. The first-order valence-electron chi connectivity index (χ1n) is 11.3. The van der Waals surface area contributed by atoms with Gasteiger partial charge in [-0.2, -0.15) is 8.42 Å². The highest BCUT2D eigenvalue weighted by Gasteiger charge is 2.11. The van der Waals surface area contributed by atoms with Gasteiger partial charge in [-0.05, 0) is 24.1 Å². The number of hydrogen-bond acceptors (Lipinski definition) is 3. The highest BCUT2D eigenvalue weighted by Crippen LogP contribution is 2.20. The summed E-state index contributed by atoms with van der Waals surface area (Å²) in [6.45, 7) is 2.27. The van der Waals surface area contributed by atoms with E-state index >= 15 is 0 Å². The van der Waals surface area contributed by atoms with Crippen LogP contribution < -0.4 is 5.73 Å². The number of rotatable bonds is 17. The van der Waals surface area contributed by atoms with E-state index in [1.807, 2.05) is 0 Å². The van der Waals surface area contributed by atoms with Crippen molar-refractivity contribution in [3.8, 4) is 0 Å². The van der Waals surface area contributed by atoms with Gasteiger partial charge in [0.05, 0.1) is 4.90 Å². The average molecular weight is 412 g/mol. The molecule has 0 radical (unpaired) electrons. The van der Waals surface area contributed by atoms with Crippen LogP contribution >= 0.6 is 0 Å². The minimum absolute atomic E-state index is 0.0761. The molecule has 0 aromatic heterocycles. The first-order valence-corrected chi connectivity index (χ1v) is 12.7. The highest BCUT2D eigenvalue weighted by atomic mass is 32.2. The van der Waals surface area contributed by atoms with Gasteiger partial charge in [-0.3, -0.25) is 4.55 Å². The van der Waals surface area contributed by atoms with Crippen LogP contribution in [0.25, 0.3) is 0 Å². The largest absolute Gasteiger partial charge is 0.324 e. The summed E-state index contributed by atoms with van der Waals surface area (Å²) in [6, 6.07) is 6.13. The Morgan fingerprint density at radius 1 is 0.750 bits per heavy atom. The first kappa shape index (κ1) is 25.1. The Hall–Kier alpha value is -0.910. The molecule has 162 valence electrons. The fraction of sp³-hybridized carbons (Fsp3) is 0.739. The predicted octanol–water partition coefficient (Wildman–Crippen LogP) is 6.80. The lowest BCUT2D eigenvalue weighted by Gasteiger charge is -2.12. The Bertz CT molecular complexity index is 599. The molecule has 28 heavy (non-hydrogen) atoms. The van der Waals surface area contributed by atoms with Gasteiger partial charge in [0.15, 0.2) is 0 Å². The van der Waals surface area contributed by atoms with Gasteiger partial charge in [0, 0.05) is 6.04 Å². The van der Waals surface area contributed by atoms with E-state index in [4.69, 9.17) is 10.3 Å². The molecule has 4 nitrogen and oxygen atoms in total. The summed E-state index contributed by atoms with van der Waals surface area (Å²) in [4.78, 5) is -0.0834. The molecule has 1 aromatic carbocycles. The van der Waals surface area contributed by atoms with E-state index in [2.05, 4.69) is 6.92 Å². The lowest BCUT2D eigenvalue weighted by molar-refractivity contribution is 0.483. The lowest BCUT2D eigenvalue weighted by atomic mass is 10.00. The van der Waals surface area contributed by atoms with Gasteiger partial charge < -0.3 is 5.73 Å². The van der Waals surface area contributed by atoms with Crippen LogP contribution in [0.15, 0.2) is 29.2 Å². The molecule has 0 aliphatic heterocycles. The fourth-order valence-corrected chi connectivity index (χ4v) is 4.09. The summed E-state index contributed by atoms with van der Waals surface area (Å²) in [7, 11) is -4.13. The molecule has 5 heteroatoms. The summed E-state index contributed by atoms with van der Waals surface area (Å²) in [6.07, 6.45) is 19.7. The summed E-state index contributed by atoms with van der Waals surface area (Å²) < 4.78 is 31.1. The Labute approximate surface area is 173 Å². The van der Waals surface area contributed by atoms with E-state index in [0.717, 1.165) is 18.4 Å². The molecule has 0 spiro atoms. The van der Waals surface area contributed by atoms with E-state index in [9.17, 15) is 8.42 Å². The third-order valence-corrected chi connectivity index (χ3v) is 6.34. The number of benzene rings is 1. The molecule has 1 unspecified atom stereocenters. The van der Waals surface area contributed by atoms with Crippen LogP contribution in [0.4, 0.5) is 0 Å². The van der Waals surface area contributed by atoms with Crippen molar-refractivity contribution in [2.24, 2.45) is 5.73 Å². The van der Waals surface area contributed by atoms with Gasteiger partial charge in [0.25, 0.3) is 10.1 Å². The predicted molar refractivity (Wildman–Crippen MR) is 118 cm³/mol. The van der Waals surface area contributed by atoms with E-state index in [1.165, 1.54) is 95.6 Å². The minimum atomic E-state index is -4.13. The molecule has 0 fully saturated rings. The molecular formula is C23H41NO3S. The zero-order valence-corrected chi connectivity index (χ0v) is 18.6. The van der Waals surface area contributed by atoms with Crippen LogP contribution in [-0.4, -0.2) is 13.0 Å². The quantitative estimate of drug-likeness (QED) is 0.218. The maximum absolute atomic E-state index is 11.1. The third-order valence-electron chi connectivity index (χ3n) is 5.47. The normalized spacial score (nSPS) is 13.0. The van der Waals surface area contributed by atoms with Crippen molar-refractivity contribution in [3.63, 3.8) is 0 Å². The number of hydrogen-bond donors (Lipinski definition) is 2. The van der Waals surface area contributed by atoms with Crippen molar-refractivity contribution in [2.75, 3.05) is 0 Å². The molecular weight excluding hydrogens is 370 g/mol. The van der Waals surface area contributed by atoms with E-state index in [-0.39, 0.29) is 10.9 Å². The van der Waals surface area contributed by atoms with Gasteiger partial charge >= 0.3 is 0 Å². The first-order chi connectivity index (χ1) is 13.4. The molecule has 1 rings (SSSR count). The maximum Gasteiger partial charge on any atom is 0.294 e. The lowest BCUT2D eigenvalue weighted by Crippen LogP contribution is -2.10. The third kappa shape index (κ3) is 11.8. The molecule has 0 heterocycles. The minimum Gasteiger partial charge on any atom is -0.324 e. The van der Waals surface area contributed by atoms with Crippen LogP contribution in [0.3, 0.4) is 0 Å². The number of nitrogens with two attached hydrogens (primary N) is 1. The van der Waals surface area contributed by atoms with Crippen LogP contribution in [0, 0.1) is 0 Å². The van der Waals surface area contributed by atoms with Crippen molar-refractivity contribution in [3.05, 3.63) is 29.8 Å². The molecule has 0 aliphatic rings. The van der Waals surface area contributed by atoms with Crippen molar-refractivity contribution >= 4 is 10.1 Å². The second-order valence-electron chi connectivity index (χ2n) is 8.04. The molecule has 0 amide bonds. The summed E-state index contributed by atoms with van der Waals surface area (Å²) >= 11 is 0. The van der Waals surface area contributed by atoms with E-state index < -0.39 is 10.1 Å². The summed E-state index contributed by atoms with van der Waals surface area (Å²) in [5, 5.41) is 0. The van der Waals surface area contributed by atoms with Crippen molar-refractivity contribution in [1.29, 1.82) is 0 Å². The standard InChI is InChI=1S/C23H41NO3S/c1-2-3-4-5-6-7-8-9-10-11-12-13-14-15-16-23(24)21-17-19-22(20-18-21)28(25,26)27/h17-20,23H,2-16,24H2,1H3,(H,25,26,27). The zero-order valence-electron chi connectivity index (χ0n) is 17.7. The van der Waals surface area contributed by atoms with Gasteiger partial charge in [0.1, 0.15) is 0 Å². The second kappa shape index (κ2) is 15.0. The monoisotopic (exact) mass is 411 g/mol. The fourth-order valence-electron chi connectivity index (χ4n) is 3.61. The molecule has 3 N–H and O–H groups in total. The van der Waals surface area contributed by atoms with Gasteiger partial charge in [-0.15, -0.1) is 0 Å². The second-order valence-corrected chi connectivity index (χ2v) is 9.46. The van der Waals surface area contributed by atoms with E-state index in [1.54, 1.807) is 12.1 Å². The van der Waals surface area contributed by atoms with Crippen LogP contribution in [0.5, 0.6) is 0 Å². The van der Waals surface area contributed by atoms with E-state index in [0.29, 0.717) is 0 Å². The van der Waals surface area contributed by atoms with Crippen LogP contribution in [0.1, 0.15) is 115 Å². The molecule has 0 bridgehead atoms. The van der Waals surface area contributed by atoms with Gasteiger partial charge in [-0.1, -0.05) is 109 Å². The zero-order chi connectivity index (χ0) is 20.7. The van der Waals surface area contributed by atoms with Crippen molar-refractivity contribution < 1.29 is 13.0 Å². The molecule has 0 aliphatic carbocycles. The Kier molecular flexibility index (Phi) is 13.5. The highest BCUT2D eigenvalue weighted by molar-refractivity contribution is 7.85. The molecule has 1 atom stereocenters. The van der Waals surface area contributed by atoms with Crippen molar-refractivity contribution in [1.82, 2.24) is 0 Å². The molecule has 0 saturated carbocycles. The summed E-state index contributed by atoms with van der Waals surface area (Å²) in [5.41, 5.74) is 7.11. The SMILES string of the molecule is CCCCCCCCCCCCCCCCC(N)c1ccc(S(=O)(=O)O)cc1. The van der Waals surface area contributed by atoms with Gasteiger partial charge in [0.2, 0.25) is 0 Å². The Morgan fingerprint density at radius 3 is 1.54 bits per heavy atom. The van der Waals surface area contributed by atoms with Crippen molar-refractivity contribution in [2.45, 2.75) is 114 Å². The smallest absolute Gasteiger partial charge is 0.294 e. The number of unbranched alkanes of at least 4 members (excludes halogenated alkanes) is 13. The van der Waals surface area contributed by atoms with Crippen LogP contribution in [0.2, 0.25) is 0 Å². The molecule has 1 aromatic rings. The van der Waals surface area contributed by atoms with Gasteiger partial charge in [-0.25, -0.2) is 0 Å². The van der Waals surface area contributed by atoms with Crippen LogP contribution in [-0.2, 0) is 10.1 Å². The topological polar surface area (TPSA) is 80.4 Å². The Balaban J connectivity index is 1.97. The summed E-state index contributed by atoms with van der Waals surface area (Å²) in [5.74, 6) is 0. The molecule has 0 saturated heterocycles. The average Bonchev–Trinajstić information content (AvgIpc) is 2.67. The maximum atomic E-state index is 11.1.